The first-order chi connectivity index (χ1) is 13.0. The average Bonchev–Trinajstić information content (AvgIpc) is 2.83. The Bertz CT molecular complexity index is 878. The number of nitrogens with zero attached hydrogens (tertiary/aromatic N) is 1. The summed E-state index contributed by atoms with van der Waals surface area (Å²) in [5.41, 5.74) is 1.47. The third kappa shape index (κ3) is 4.09. The highest BCUT2D eigenvalue weighted by Crippen LogP contribution is 2.44. The van der Waals surface area contributed by atoms with Crippen LogP contribution in [0.1, 0.15) is 45.7 Å². The Morgan fingerprint density at radius 3 is 2.46 bits per heavy atom. The van der Waals surface area contributed by atoms with Crippen molar-refractivity contribution in [1.82, 2.24) is 10.4 Å². The van der Waals surface area contributed by atoms with Gasteiger partial charge in [-0.2, -0.15) is 18.2 Å². The molecule has 0 bridgehead atoms. The molecule has 1 atom stereocenters. The Morgan fingerprint density at radius 2 is 1.89 bits per heavy atom. The molecule has 0 spiro atoms. The van der Waals surface area contributed by atoms with Gasteiger partial charge < -0.3 is 4.74 Å². The molecule has 1 saturated heterocycles. The summed E-state index contributed by atoms with van der Waals surface area (Å²) in [4.78, 5) is 11.8. The van der Waals surface area contributed by atoms with Gasteiger partial charge in [0, 0.05) is 17.3 Å². The minimum atomic E-state index is -4.58. The lowest BCUT2D eigenvalue weighted by Gasteiger charge is -2.38. The molecule has 1 aliphatic rings. The summed E-state index contributed by atoms with van der Waals surface area (Å²) < 4.78 is 48.3. The molecule has 1 N–H and O–H groups in total. The van der Waals surface area contributed by atoms with Crippen LogP contribution in [0, 0.1) is 5.92 Å². The van der Waals surface area contributed by atoms with Crippen molar-refractivity contribution in [3.8, 4) is 5.75 Å². The quantitative estimate of drug-likeness (QED) is 0.777. The highest BCUT2D eigenvalue weighted by atomic mass is 19.4. The molecule has 2 aromatic rings. The minimum absolute atomic E-state index is 0.00384. The number of rotatable bonds is 5. The first-order valence-corrected chi connectivity index (χ1v) is 9.30. The van der Waals surface area contributed by atoms with Crippen LogP contribution in [0.15, 0.2) is 36.4 Å². The number of carbonyl (C=O) groups excluding carboxylic acids is 1. The highest BCUT2D eigenvalue weighted by molar-refractivity contribution is 5.89. The van der Waals surface area contributed by atoms with Gasteiger partial charge in [0.25, 0.3) is 0 Å². The van der Waals surface area contributed by atoms with Gasteiger partial charge in [0.15, 0.2) is 6.04 Å². The lowest BCUT2D eigenvalue weighted by Crippen LogP contribution is -2.51. The second-order valence-corrected chi connectivity index (χ2v) is 8.28. The lowest BCUT2D eigenvalue weighted by atomic mass is 9.95. The zero-order valence-electron chi connectivity index (χ0n) is 16.4. The summed E-state index contributed by atoms with van der Waals surface area (Å²) in [6.07, 6.45) is -4.57. The van der Waals surface area contributed by atoms with E-state index in [0.717, 1.165) is 10.4 Å². The highest BCUT2D eigenvalue weighted by Gasteiger charge is 2.53. The van der Waals surface area contributed by atoms with Crippen molar-refractivity contribution < 1.29 is 22.7 Å². The molecule has 1 aliphatic heterocycles. The molecular weight excluding hydrogens is 369 g/mol. The Kier molecular flexibility index (Phi) is 5.32. The van der Waals surface area contributed by atoms with Gasteiger partial charge in [-0.05, 0) is 42.8 Å². The van der Waals surface area contributed by atoms with E-state index in [1.165, 1.54) is 12.1 Å². The van der Waals surface area contributed by atoms with Gasteiger partial charge in [-0.25, -0.2) is 0 Å². The number of carbonyl (C=O) groups is 1. The zero-order valence-corrected chi connectivity index (χ0v) is 16.4. The third-order valence-electron chi connectivity index (χ3n) is 4.79. The molecule has 2 aromatic carbocycles. The van der Waals surface area contributed by atoms with Crippen molar-refractivity contribution in [3.05, 3.63) is 42.0 Å². The van der Waals surface area contributed by atoms with Gasteiger partial charge in [-0.1, -0.05) is 38.1 Å². The number of hydrogen-bond donors (Lipinski definition) is 1. The number of alkyl halides is 3. The fourth-order valence-corrected chi connectivity index (χ4v) is 3.53. The van der Waals surface area contributed by atoms with Crippen LogP contribution in [-0.4, -0.2) is 29.2 Å². The van der Waals surface area contributed by atoms with Crippen LogP contribution in [-0.2, 0) is 4.79 Å². The first-order valence-electron chi connectivity index (χ1n) is 9.30. The van der Waals surface area contributed by atoms with Crippen LogP contribution < -0.4 is 10.2 Å². The van der Waals surface area contributed by atoms with Crippen molar-refractivity contribution in [2.45, 2.75) is 51.9 Å². The molecule has 0 unspecified atom stereocenters. The molecule has 1 heterocycles. The van der Waals surface area contributed by atoms with Crippen molar-refractivity contribution >= 4 is 16.7 Å². The molecule has 0 aromatic heterocycles. The minimum Gasteiger partial charge on any atom is -0.493 e. The second-order valence-electron chi connectivity index (χ2n) is 8.28. The maximum Gasteiger partial charge on any atom is 0.409 e. The molecule has 3 rings (SSSR count). The van der Waals surface area contributed by atoms with E-state index < -0.39 is 23.7 Å². The van der Waals surface area contributed by atoms with Crippen LogP contribution in [0.25, 0.3) is 10.8 Å². The normalized spacial score (nSPS) is 18.5. The lowest BCUT2D eigenvalue weighted by molar-refractivity contribution is -0.203. The Balaban J connectivity index is 2.14. The largest absolute Gasteiger partial charge is 0.493 e. The Hall–Kier alpha value is -2.28. The average molecular weight is 394 g/mol. The maximum atomic E-state index is 14.1. The molecule has 1 amide bonds. The summed E-state index contributed by atoms with van der Waals surface area (Å²) in [6, 6.07) is 8.21. The van der Waals surface area contributed by atoms with Crippen molar-refractivity contribution in [3.63, 3.8) is 0 Å². The number of ether oxygens (including phenoxy) is 1. The SMILES string of the molecule is CC(C)COc1cc([C@H](N2NC(=O)CC2(C)C)C(F)(F)F)cc2ccccc12. The predicted octanol–water partition coefficient (Wildman–Crippen LogP) is 4.99. The monoisotopic (exact) mass is 394 g/mol. The predicted molar refractivity (Wildman–Crippen MR) is 102 cm³/mol. The molecule has 1 fully saturated rings. The second kappa shape index (κ2) is 7.28. The summed E-state index contributed by atoms with van der Waals surface area (Å²) in [5, 5.41) is 2.44. The topological polar surface area (TPSA) is 41.6 Å². The van der Waals surface area contributed by atoms with Crippen LogP contribution >= 0.6 is 0 Å². The van der Waals surface area contributed by atoms with Crippen molar-refractivity contribution in [2.24, 2.45) is 5.92 Å². The van der Waals surface area contributed by atoms with E-state index in [2.05, 4.69) is 5.43 Å². The number of hydrazine groups is 1. The summed E-state index contributed by atoms with van der Waals surface area (Å²) in [5.74, 6) is 0.230. The molecule has 7 heteroatoms. The van der Waals surface area contributed by atoms with E-state index in [1.54, 1.807) is 26.0 Å². The molecule has 4 nitrogen and oxygen atoms in total. The third-order valence-corrected chi connectivity index (χ3v) is 4.79. The standard InChI is InChI=1S/C21H25F3N2O2/c1-13(2)12-28-17-10-15(9-14-7-5-6-8-16(14)17)19(21(22,23)24)26-20(3,4)11-18(27)25-26/h5-10,13,19H,11-12H2,1-4H3,(H,25,27)/t19-/m0/s1. The zero-order chi connectivity index (χ0) is 20.7. The fourth-order valence-electron chi connectivity index (χ4n) is 3.53. The summed E-state index contributed by atoms with van der Waals surface area (Å²) in [6.45, 7) is 7.61. The molecular formula is C21H25F3N2O2. The van der Waals surface area contributed by atoms with Gasteiger partial charge in [0.2, 0.25) is 5.91 Å². The molecule has 152 valence electrons. The van der Waals surface area contributed by atoms with Crippen LogP contribution in [0.3, 0.4) is 0 Å². The number of nitrogens with one attached hydrogen (secondary N) is 1. The van der Waals surface area contributed by atoms with Crippen molar-refractivity contribution in [2.75, 3.05) is 6.61 Å². The molecule has 28 heavy (non-hydrogen) atoms. The van der Waals surface area contributed by atoms with E-state index >= 15 is 0 Å². The number of halogens is 3. The van der Waals surface area contributed by atoms with E-state index in [4.69, 9.17) is 4.74 Å². The van der Waals surface area contributed by atoms with E-state index in [-0.39, 0.29) is 17.9 Å². The molecule has 0 aliphatic carbocycles. The number of benzene rings is 2. The van der Waals surface area contributed by atoms with Gasteiger partial charge in [0.05, 0.1) is 6.61 Å². The smallest absolute Gasteiger partial charge is 0.409 e. The van der Waals surface area contributed by atoms with Gasteiger partial charge >= 0.3 is 6.18 Å². The van der Waals surface area contributed by atoms with Crippen LogP contribution in [0.5, 0.6) is 5.75 Å². The first kappa shape index (κ1) is 20.5. The van der Waals surface area contributed by atoms with Crippen molar-refractivity contribution in [1.29, 1.82) is 0 Å². The fraction of sp³-hybridized carbons (Fsp3) is 0.476. The Morgan fingerprint density at radius 1 is 1.21 bits per heavy atom. The van der Waals surface area contributed by atoms with Gasteiger partial charge in [-0.15, -0.1) is 0 Å². The maximum absolute atomic E-state index is 14.1. The molecule has 0 saturated carbocycles. The van der Waals surface area contributed by atoms with E-state index in [9.17, 15) is 18.0 Å². The molecule has 0 radical (unpaired) electrons. The van der Waals surface area contributed by atoms with Crippen LogP contribution in [0.4, 0.5) is 13.2 Å². The number of fused-ring (bicyclic) bond motifs is 1. The van der Waals surface area contributed by atoms with Crippen LogP contribution in [0.2, 0.25) is 0 Å². The van der Waals surface area contributed by atoms with E-state index in [0.29, 0.717) is 17.7 Å². The number of hydrogen-bond acceptors (Lipinski definition) is 3. The van der Waals surface area contributed by atoms with Gasteiger partial charge in [-0.3, -0.25) is 10.2 Å². The number of amides is 1. The van der Waals surface area contributed by atoms with E-state index in [1.807, 2.05) is 26.0 Å². The summed E-state index contributed by atoms with van der Waals surface area (Å²) in [7, 11) is 0. The Labute approximate surface area is 162 Å². The summed E-state index contributed by atoms with van der Waals surface area (Å²) >= 11 is 0. The van der Waals surface area contributed by atoms with Gasteiger partial charge in [0.1, 0.15) is 5.75 Å².